The average Bonchev–Trinajstić information content (AvgIpc) is 3.11. The second-order valence-electron chi connectivity index (χ2n) is 8.25. The molecule has 0 aromatic rings. The first kappa shape index (κ1) is 24.8. The summed E-state index contributed by atoms with van der Waals surface area (Å²) >= 11 is 0. The topological polar surface area (TPSA) is 162 Å². The van der Waals surface area contributed by atoms with Crippen LogP contribution >= 0.6 is 0 Å². The highest BCUT2D eigenvalue weighted by molar-refractivity contribution is 5.94. The van der Waals surface area contributed by atoms with Crippen LogP contribution in [0.2, 0.25) is 0 Å². The second kappa shape index (κ2) is 10.5. The first-order chi connectivity index (χ1) is 13.4. The summed E-state index contributed by atoms with van der Waals surface area (Å²) < 4.78 is 0. The van der Waals surface area contributed by atoms with Crippen molar-refractivity contribution >= 4 is 23.7 Å². The predicted octanol–water partition coefficient (Wildman–Crippen LogP) is -0.948. The SMILES string of the molecule is CC(C)C(N)C(=O)NC(C(=O)N1CCCC1C(=O)NC(C(=O)O)C(C)C)C(C)O. The molecule has 3 amide bonds. The van der Waals surface area contributed by atoms with Crippen LogP contribution in [-0.2, 0) is 19.2 Å². The van der Waals surface area contributed by atoms with Crippen molar-refractivity contribution < 1.29 is 29.4 Å². The molecule has 0 saturated carbocycles. The van der Waals surface area contributed by atoms with Crippen LogP contribution in [-0.4, -0.2) is 75.6 Å². The molecule has 1 rings (SSSR count). The Morgan fingerprint density at radius 1 is 1.00 bits per heavy atom. The number of aliphatic hydroxyl groups excluding tert-OH is 1. The van der Waals surface area contributed by atoms with Gasteiger partial charge in [-0.25, -0.2) is 4.79 Å². The lowest BCUT2D eigenvalue weighted by atomic mass is 10.0. The van der Waals surface area contributed by atoms with Gasteiger partial charge in [-0.15, -0.1) is 0 Å². The van der Waals surface area contributed by atoms with E-state index in [1.807, 2.05) is 0 Å². The molecular weight excluding hydrogens is 380 g/mol. The van der Waals surface area contributed by atoms with E-state index in [1.54, 1.807) is 27.7 Å². The third-order valence-electron chi connectivity index (χ3n) is 5.14. The van der Waals surface area contributed by atoms with Crippen LogP contribution in [0, 0.1) is 11.8 Å². The van der Waals surface area contributed by atoms with Gasteiger partial charge in [0.1, 0.15) is 18.1 Å². The molecule has 1 heterocycles. The van der Waals surface area contributed by atoms with Gasteiger partial charge in [-0.2, -0.15) is 0 Å². The van der Waals surface area contributed by atoms with Crippen LogP contribution in [0.15, 0.2) is 0 Å². The molecule has 10 nitrogen and oxygen atoms in total. The molecule has 29 heavy (non-hydrogen) atoms. The van der Waals surface area contributed by atoms with Gasteiger partial charge in [-0.3, -0.25) is 14.4 Å². The summed E-state index contributed by atoms with van der Waals surface area (Å²) in [5, 5.41) is 24.3. The van der Waals surface area contributed by atoms with Crippen molar-refractivity contribution in [1.82, 2.24) is 15.5 Å². The number of rotatable bonds is 9. The van der Waals surface area contributed by atoms with Gasteiger partial charge in [0.15, 0.2) is 0 Å². The largest absolute Gasteiger partial charge is 0.480 e. The lowest BCUT2D eigenvalue weighted by molar-refractivity contribution is -0.146. The number of hydrogen-bond acceptors (Lipinski definition) is 6. The zero-order valence-corrected chi connectivity index (χ0v) is 17.7. The molecule has 1 saturated heterocycles. The molecule has 6 N–H and O–H groups in total. The number of hydrogen-bond donors (Lipinski definition) is 5. The Balaban J connectivity index is 2.94. The number of nitrogens with zero attached hydrogens (tertiary/aromatic N) is 1. The van der Waals surface area contributed by atoms with E-state index in [1.165, 1.54) is 11.8 Å². The van der Waals surface area contributed by atoms with E-state index in [-0.39, 0.29) is 18.4 Å². The lowest BCUT2D eigenvalue weighted by Gasteiger charge is -2.31. The van der Waals surface area contributed by atoms with Gasteiger partial charge < -0.3 is 31.5 Å². The molecule has 0 aromatic heterocycles. The van der Waals surface area contributed by atoms with Crippen molar-refractivity contribution in [3.8, 4) is 0 Å². The van der Waals surface area contributed by atoms with E-state index in [9.17, 15) is 29.4 Å². The predicted molar refractivity (Wildman–Crippen MR) is 106 cm³/mol. The van der Waals surface area contributed by atoms with E-state index >= 15 is 0 Å². The van der Waals surface area contributed by atoms with Crippen LogP contribution in [0.3, 0.4) is 0 Å². The third kappa shape index (κ3) is 6.40. The molecular formula is C19H34N4O6. The van der Waals surface area contributed by atoms with E-state index in [0.29, 0.717) is 12.8 Å². The van der Waals surface area contributed by atoms with Crippen LogP contribution in [0.25, 0.3) is 0 Å². The van der Waals surface area contributed by atoms with Crippen LogP contribution in [0.5, 0.6) is 0 Å². The number of aliphatic carboxylic acids is 1. The molecule has 5 atom stereocenters. The second-order valence-corrected chi connectivity index (χ2v) is 8.25. The van der Waals surface area contributed by atoms with E-state index < -0.39 is 54.0 Å². The zero-order valence-electron chi connectivity index (χ0n) is 17.7. The average molecular weight is 415 g/mol. The van der Waals surface area contributed by atoms with Crippen molar-refractivity contribution in [2.45, 2.75) is 77.7 Å². The Bertz CT molecular complexity index is 622. The van der Waals surface area contributed by atoms with Gasteiger partial charge >= 0.3 is 5.97 Å². The van der Waals surface area contributed by atoms with Crippen LogP contribution in [0.1, 0.15) is 47.5 Å². The van der Waals surface area contributed by atoms with Gasteiger partial charge in [-0.1, -0.05) is 27.7 Å². The molecule has 166 valence electrons. The maximum absolute atomic E-state index is 13.0. The van der Waals surface area contributed by atoms with Crippen LogP contribution < -0.4 is 16.4 Å². The van der Waals surface area contributed by atoms with Crippen LogP contribution in [0.4, 0.5) is 0 Å². The molecule has 0 bridgehead atoms. The highest BCUT2D eigenvalue weighted by Crippen LogP contribution is 2.20. The Labute approximate surface area is 171 Å². The van der Waals surface area contributed by atoms with E-state index in [0.717, 1.165) is 0 Å². The molecule has 1 aliphatic heterocycles. The Kier molecular flexibility index (Phi) is 9.03. The number of likely N-dealkylation sites (tertiary alicyclic amines) is 1. The summed E-state index contributed by atoms with van der Waals surface area (Å²) in [6.07, 6.45) is -0.277. The summed E-state index contributed by atoms with van der Waals surface area (Å²) in [5.41, 5.74) is 5.81. The minimum absolute atomic E-state index is 0.158. The highest BCUT2D eigenvalue weighted by Gasteiger charge is 2.40. The van der Waals surface area contributed by atoms with Gasteiger partial charge in [0, 0.05) is 6.54 Å². The number of amides is 3. The summed E-state index contributed by atoms with van der Waals surface area (Å²) in [6, 6.07) is -4.03. The van der Waals surface area contributed by atoms with Crippen molar-refractivity contribution in [2.75, 3.05) is 6.54 Å². The molecule has 1 fully saturated rings. The Morgan fingerprint density at radius 2 is 1.59 bits per heavy atom. The van der Waals surface area contributed by atoms with E-state index in [2.05, 4.69) is 10.6 Å². The fourth-order valence-electron chi connectivity index (χ4n) is 3.19. The quantitative estimate of drug-likeness (QED) is 0.325. The summed E-state index contributed by atoms with van der Waals surface area (Å²) in [4.78, 5) is 50.6. The first-order valence-corrected chi connectivity index (χ1v) is 9.96. The molecule has 1 aliphatic rings. The van der Waals surface area contributed by atoms with Gasteiger partial charge in [0.05, 0.1) is 12.1 Å². The fourth-order valence-corrected chi connectivity index (χ4v) is 3.19. The highest BCUT2D eigenvalue weighted by atomic mass is 16.4. The Morgan fingerprint density at radius 3 is 2.03 bits per heavy atom. The number of nitrogens with two attached hydrogens (primary N) is 1. The number of carbonyl (C=O) groups excluding carboxylic acids is 3. The molecule has 10 heteroatoms. The normalized spacial score (nSPS) is 20.9. The van der Waals surface area contributed by atoms with Gasteiger partial charge in [0.25, 0.3) is 0 Å². The van der Waals surface area contributed by atoms with Crippen molar-refractivity contribution in [3.05, 3.63) is 0 Å². The van der Waals surface area contributed by atoms with Crippen molar-refractivity contribution in [3.63, 3.8) is 0 Å². The maximum atomic E-state index is 13.0. The van der Waals surface area contributed by atoms with Crippen molar-refractivity contribution in [2.24, 2.45) is 17.6 Å². The molecule has 0 aromatic carbocycles. The summed E-state index contributed by atoms with van der Waals surface area (Å²) in [5.74, 6) is -3.37. The smallest absolute Gasteiger partial charge is 0.326 e. The molecule has 0 radical (unpaired) electrons. The molecule has 0 spiro atoms. The van der Waals surface area contributed by atoms with Gasteiger partial charge in [-0.05, 0) is 31.6 Å². The minimum atomic E-state index is -1.25. The maximum Gasteiger partial charge on any atom is 0.326 e. The lowest BCUT2D eigenvalue weighted by Crippen LogP contribution is -2.60. The number of carboxylic acids is 1. The first-order valence-electron chi connectivity index (χ1n) is 9.96. The monoisotopic (exact) mass is 414 g/mol. The summed E-state index contributed by atoms with van der Waals surface area (Å²) in [6.45, 7) is 8.51. The van der Waals surface area contributed by atoms with Gasteiger partial charge in [0.2, 0.25) is 17.7 Å². The minimum Gasteiger partial charge on any atom is -0.480 e. The fraction of sp³-hybridized carbons (Fsp3) is 0.789. The third-order valence-corrected chi connectivity index (χ3v) is 5.14. The Hall–Kier alpha value is -2.20. The standard InChI is InChI=1S/C19H34N4O6/c1-9(2)13(20)17(26)22-15(11(5)24)18(27)23-8-6-7-12(23)16(25)21-14(10(3)4)19(28)29/h9-15,24H,6-8,20H2,1-5H3,(H,21,25)(H,22,26)(H,28,29). The zero-order chi connectivity index (χ0) is 22.5. The number of aliphatic hydroxyl groups is 1. The van der Waals surface area contributed by atoms with Crippen molar-refractivity contribution in [1.29, 1.82) is 0 Å². The number of carbonyl (C=O) groups is 4. The van der Waals surface area contributed by atoms with E-state index in [4.69, 9.17) is 5.73 Å². The number of nitrogens with one attached hydrogen (secondary N) is 2. The molecule has 0 aliphatic carbocycles. The summed E-state index contributed by atoms with van der Waals surface area (Å²) in [7, 11) is 0. The molecule has 5 unspecified atom stereocenters. The number of carboxylic acid groups (broad SMARTS) is 1.